The summed E-state index contributed by atoms with van der Waals surface area (Å²) in [5.41, 5.74) is 2.02. The maximum absolute atomic E-state index is 13.6. The SMILES string of the molecule is COc1cc(C2C3=C(CC(C)(C)CC3=O)OC3=C2C(=O)CC(C)(C)C3)ccc1OC(=O)CNc1ccc2c(c1)OCCO2. The van der Waals surface area contributed by atoms with E-state index in [0.29, 0.717) is 84.5 Å². The van der Waals surface area contributed by atoms with E-state index in [2.05, 4.69) is 33.0 Å². The molecule has 0 saturated heterocycles. The van der Waals surface area contributed by atoms with Gasteiger partial charge in [0.25, 0.3) is 0 Å². The van der Waals surface area contributed by atoms with Gasteiger partial charge in [-0.05, 0) is 40.7 Å². The number of rotatable bonds is 6. The predicted octanol–water partition coefficient (Wildman–Crippen LogP) is 5.88. The Hall–Kier alpha value is -4.27. The van der Waals surface area contributed by atoms with E-state index < -0.39 is 11.9 Å². The molecule has 0 aromatic heterocycles. The lowest BCUT2D eigenvalue weighted by Crippen LogP contribution is -2.37. The number of allylic oxidation sites excluding steroid dienone is 4. The summed E-state index contributed by atoms with van der Waals surface area (Å²) in [7, 11) is 1.49. The number of hydrogen-bond acceptors (Lipinski definition) is 9. The number of esters is 1. The van der Waals surface area contributed by atoms with Gasteiger partial charge in [0.15, 0.2) is 34.6 Å². The molecule has 4 aliphatic rings. The lowest BCUT2D eigenvalue weighted by atomic mass is 9.65. The summed E-state index contributed by atoms with van der Waals surface area (Å²) in [6, 6.07) is 10.6. The summed E-state index contributed by atoms with van der Waals surface area (Å²) in [4.78, 5) is 40.0. The average Bonchev–Trinajstić information content (AvgIpc) is 2.93. The first-order valence-corrected chi connectivity index (χ1v) is 14.7. The first kappa shape index (κ1) is 28.8. The topological polar surface area (TPSA) is 109 Å². The molecule has 6 rings (SSSR count). The molecular weight excluding hydrogens is 550 g/mol. The number of carbonyl (C=O) groups is 3. The number of hydrogen-bond donors (Lipinski definition) is 1. The van der Waals surface area contributed by atoms with Crippen LogP contribution in [0.4, 0.5) is 5.69 Å². The van der Waals surface area contributed by atoms with Crippen LogP contribution >= 0.6 is 0 Å². The maximum Gasteiger partial charge on any atom is 0.330 e. The third-order valence-corrected chi connectivity index (χ3v) is 8.31. The van der Waals surface area contributed by atoms with Gasteiger partial charge >= 0.3 is 5.97 Å². The first-order valence-electron chi connectivity index (χ1n) is 14.7. The number of anilines is 1. The van der Waals surface area contributed by atoms with E-state index in [-0.39, 0.29) is 34.7 Å². The molecule has 2 aromatic carbocycles. The van der Waals surface area contributed by atoms with Crippen LogP contribution in [0.25, 0.3) is 0 Å². The van der Waals surface area contributed by atoms with Crippen molar-refractivity contribution in [2.24, 2.45) is 10.8 Å². The van der Waals surface area contributed by atoms with Crippen molar-refractivity contribution in [3.63, 3.8) is 0 Å². The minimum atomic E-state index is -0.568. The van der Waals surface area contributed by atoms with Gasteiger partial charge in [0, 0.05) is 54.5 Å². The molecular formula is C34H37NO8. The molecule has 0 saturated carbocycles. The minimum absolute atomic E-state index is 0.0138. The number of benzene rings is 2. The molecule has 9 heteroatoms. The van der Waals surface area contributed by atoms with Crippen LogP contribution in [-0.2, 0) is 19.1 Å². The third kappa shape index (κ3) is 5.72. The average molecular weight is 588 g/mol. The molecule has 1 N–H and O–H groups in total. The molecule has 0 fully saturated rings. The third-order valence-electron chi connectivity index (χ3n) is 8.31. The van der Waals surface area contributed by atoms with Gasteiger partial charge in [0.05, 0.1) is 7.11 Å². The molecule has 9 nitrogen and oxygen atoms in total. The van der Waals surface area contributed by atoms with Gasteiger partial charge in [-0.1, -0.05) is 33.8 Å². The van der Waals surface area contributed by atoms with E-state index in [4.69, 9.17) is 23.7 Å². The Kier molecular flexibility index (Phi) is 7.22. The Labute approximate surface area is 251 Å². The van der Waals surface area contributed by atoms with Gasteiger partial charge in [-0.25, -0.2) is 4.79 Å². The molecule has 0 atom stereocenters. The fraction of sp³-hybridized carbons (Fsp3) is 0.441. The van der Waals surface area contributed by atoms with E-state index >= 15 is 0 Å². The van der Waals surface area contributed by atoms with Crippen LogP contribution in [0.1, 0.15) is 64.9 Å². The summed E-state index contributed by atoms with van der Waals surface area (Å²) in [6.45, 7) is 9.11. The highest BCUT2D eigenvalue weighted by atomic mass is 16.6. The van der Waals surface area contributed by atoms with Crippen molar-refractivity contribution >= 4 is 23.2 Å². The Morgan fingerprint density at radius 2 is 1.47 bits per heavy atom. The highest BCUT2D eigenvalue weighted by molar-refractivity contribution is 6.06. The number of Topliss-reactive ketones (excluding diaryl/α,β-unsaturated/α-hetero) is 2. The lowest BCUT2D eigenvalue weighted by molar-refractivity contribution is -0.132. The molecule has 226 valence electrons. The standard InChI is InChI=1S/C34H37NO8/c1-33(2)14-21(36)31-27(16-33)42-28-17-34(3,4)15-22(37)32(28)30(31)19-6-8-24(25(12-19)39-5)43-29(38)18-35-20-7-9-23-26(13-20)41-11-10-40-23/h6-9,12-13,30,35H,10-11,14-18H2,1-5H3. The van der Waals surface area contributed by atoms with Gasteiger partial charge < -0.3 is 29.0 Å². The predicted molar refractivity (Wildman–Crippen MR) is 158 cm³/mol. The van der Waals surface area contributed by atoms with Crippen molar-refractivity contribution in [3.05, 3.63) is 64.6 Å². The Balaban J connectivity index is 1.27. The fourth-order valence-corrected chi connectivity index (χ4v) is 6.44. The minimum Gasteiger partial charge on any atom is -0.493 e. The maximum atomic E-state index is 13.6. The molecule has 2 aromatic rings. The van der Waals surface area contributed by atoms with Gasteiger partial charge in [-0.2, -0.15) is 0 Å². The molecule has 43 heavy (non-hydrogen) atoms. The molecule has 0 unspecified atom stereocenters. The van der Waals surface area contributed by atoms with Crippen LogP contribution in [0.5, 0.6) is 23.0 Å². The second-order valence-electron chi connectivity index (χ2n) is 13.2. The van der Waals surface area contributed by atoms with Crippen LogP contribution in [0.3, 0.4) is 0 Å². The van der Waals surface area contributed by atoms with Crippen molar-refractivity contribution in [1.29, 1.82) is 0 Å². The van der Waals surface area contributed by atoms with Crippen molar-refractivity contribution in [1.82, 2.24) is 0 Å². The zero-order chi connectivity index (χ0) is 30.5. The Morgan fingerprint density at radius 1 is 0.837 bits per heavy atom. The number of ether oxygens (including phenoxy) is 5. The van der Waals surface area contributed by atoms with E-state index in [1.807, 2.05) is 0 Å². The van der Waals surface area contributed by atoms with Crippen molar-refractivity contribution in [3.8, 4) is 23.0 Å². The normalized spacial score (nSPS) is 20.6. The van der Waals surface area contributed by atoms with Crippen molar-refractivity contribution < 1.29 is 38.1 Å². The highest BCUT2D eigenvalue weighted by Gasteiger charge is 2.48. The Morgan fingerprint density at radius 3 is 2.09 bits per heavy atom. The zero-order valence-electron chi connectivity index (χ0n) is 25.3. The second kappa shape index (κ2) is 10.8. The summed E-state index contributed by atoms with van der Waals surface area (Å²) in [5.74, 6) is 2.03. The van der Waals surface area contributed by atoms with Gasteiger partial charge in [-0.15, -0.1) is 0 Å². The van der Waals surface area contributed by atoms with Crippen LogP contribution in [0.2, 0.25) is 0 Å². The van der Waals surface area contributed by atoms with Crippen molar-refractivity contribution in [2.45, 2.75) is 59.3 Å². The molecule has 0 bridgehead atoms. The smallest absolute Gasteiger partial charge is 0.330 e. The van der Waals surface area contributed by atoms with E-state index in [1.165, 1.54) is 7.11 Å². The number of carbonyl (C=O) groups excluding carboxylic acids is 3. The fourth-order valence-electron chi connectivity index (χ4n) is 6.44. The summed E-state index contributed by atoms with van der Waals surface area (Å²) >= 11 is 0. The molecule has 0 spiro atoms. The van der Waals surface area contributed by atoms with Crippen LogP contribution < -0.4 is 24.3 Å². The van der Waals surface area contributed by atoms with Gasteiger partial charge in [-0.3, -0.25) is 9.59 Å². The van der Waals surface area contributed by atoms with Crippen LogP contribution in [0.15, 0.2) is 59.1 Å². The summed E-state index contributed by atoms with van der Waals surface area (Å²) in [6.07, 6.45) is 1.97. The molecule has 2 aliphatic carbocycles. The van der Waals surface area contributed by atoms with Gasteiger partial charge in [0.2, 0.25) is 0 Å². The number of fused-ring (bicyclic) bond motifs is 1. The van der Waals surface area contributed by atoms with Crippen molar-refractivity contribution in [2.75, 3.05) is 32.2 Å². The summed E-state index contributed by atoms with van der Waals surface area (Å²) < 4.78 is 28.8. The number of methoxy groups -OCH3 is 1. The number of ketones is 2. The van der Waals surface area contributed by atoms with Gasteiger partial charge in [0.1, 0.15) is 31.3 Å². The highest BCUT2D eigenvalue weighted by Crippen LogP contribution is 2.53. The largest absolute Gasteiger partial charge is 0.493 e. The molecule has 0 radical (unpaired) electrons. The Bertz CT molecular complexity index is 1530. The second-order valence-corrected chi connectivity index (χ2v) is 13.2. The number of nitrogens with one attached hydrogen (secondary N) is 1. The van der Waals surface area contributed by atoms with Crippen LogP contribution in [0, 0.1) is 10.8 Å². The monoisotopic (exact) mass is 587 g/mol. The molecule has 2 aliphatic heterocycles. The molecule has 0 amide bonds. The quantitative estimate of drug-likeness (QED) is 0.327. The van der Waals surface area contributed by atoms with E-state index in [1.54, 1.807) is 36.4 Å². The lowest BCUT2D eigenvalue weighted by Gasteiger charge is -2.42. The van der Waals surface area contributed by atoms with Crippen LogP contribution in [-0.4, -0.2) is 44.4 Å². The first-order chi connectivity index (χ1) is 20.4. The summed E-state index contributed by atoms with van der Waals surface area (Å²) in [5, 5.41) is 3.05. The zero-order valence-corrected chi connectivity index (χ0v) is 25.3. The molecule has 2 heterocycles. The van der Waals surface area contributed by atoms with E-state index in [9.17, 15) is 14.4 Å². The van der Waals surface area contributed by atoms with E-state index in [0.717, 1.165) is 5.56 Å².